The monoisotopic (exact) mass is 500 g/mol. The summed E-state index contributed by atoms with van der Waals surface area (Å²) in [5, 5.41) is 0. The zero-order chi connectivity index (χ0) is 25.9. The fourth-order valence-corrected chi connectivity index (χ4v) is 3.05. The van der Waals surface area contributed by atoms with E-state index < -0.39 is 18.2 Å². The third-order valence-corrected chi connectivity index (χ3v) is 4.91. The van der Waals surface area contributed by atoms with E-state index in [1.54, 1.807) is 20.3 Å². The molecule has 0 aromatic heterocycles. The van der Waals surface area contributed by atoms with Crippen molar-refractivity contribution in [3.8, 4) is 5.75 Å². The van der Waals surface area contributed by atoms with Crippen LogP contribution in [0, 0.1) is 0 Å². The van der Waals surface area contributed by atoms with Crippen molar-refractivity contribution in [1.82, 2.24) is 0 Å². The second kappa shape index (κ2) is 19.2. The normalized spacial score (nSPS) is 15.0. The molecule has 0 aliphatic carbocycles. The summed E-state index contributed by atoms with van der Waals surface area (Å²) in [5.41, 5.74) is 1.04. The molecule has 0 bridgehead atoms. The van der Waals surface area contributed by atoms with Gasteiger partial charge in [0.1, 0.15) is 38.3 Å². The molecule has 0 heterocycles. The van der Waals surface area contributed by atoms with Crippen LogP contribution in [0.4, 0.5) is 0 Å². The molecular formula is C25H40O10. The molecule has 1 rings (SSSR count). The first-order chi connectivity index (χ1) is 17.0. The first-order valence-corrected chi connectivity index (χ1v) is 11.3. The minimum absolute atomic E-state index is 0.00793. The van der Waals surface area contributed by atoms with Gasteiger partial charge in [0, 0.05) is 27.8 Å². The van der Waals surface area contributed by atoms with E-state index in [0.29, 0.717) is 13.0 Å². The molecule has 0 amide bonds. The average Bonchev–Trinajstić information content (AvgIpc) is 2.88. The van der Waals surface area contributed by atoms with E-state index in [1.807, 2.05) is 37.3 Å². The summed E-state index contributed by atoms with van der Waals surface area (Å²) >= 11 is 0. The Hall–Kier alpha value is -2.05. The number of benzene rings is 1. The number of carbonyl (C=O) groups excluding carboxylic acids is 1. The van der Waals surface area contributed by atoms with E-state index in [0.717, 1.165) is 11.3 Å². The summed E-state index contributed by atoms with van der Waals surface area (Å²) in [5.74, 6) is 0.364. The molecule has 0 saturated heterocycles. The van der Waals surface area contributed by atoms with Crippen molar-refractivity contribution in [2.75, 3.05) is 55.9 Å². The SMILES string of the molecule is COCO[C@H](C=C[C@H](OCOC)[C@H](CC(=O)OC)OCOC)C[C@@H](C)OCc1ccc(OC)cc1. The van der Waals surface area contributed by atoms with Gasteiger partial charge in [0.2, 0.25) is 0 Å². The lowest BCUT2D eigenvalue weighted by Gasteiger charge is -2.25. The fourth-order valence-electron chi connectivity index (χ4n) is 3.05. The minimum atomic E-state index is -0.652. The van der Waals surface area contributed by atoms with Gasteiger partial charge in [-0.15, -0.1) is 0 Å². The molecule has 0 saturated carbocycles. The molecule has 200 valence electrons. The van der Waals surface area contributed by atoms with Crippen molar-refractivity contribution in [2.45, 2.75) is 50.8 Å². The lowest BCUT2D eigenvalue weighted by molar-refractivity contribution is -0.162. The summed E-state index contributed by atoms with van der Waals surface area (Å²) in [6.45, 7) is 2.53. The van der Waals surface area contributed by atoms with Crippen LogP contribution in [0.1, 0.15) is 25.3 Å². The standard InChI is InChI=1S/C25H40O10/c1-19(32-15-20-7-9-21(30-5)10-8-20)13-22(33-16-27-2)11-12-23(34-17-28-3)24(35-18-29-4)14-25(26)31-6/h7-12,19,22-24H,13-18H2,1-6H3/t19-,22-,23+,24+/m1/s1. The van der Waals surface area contributed by atoms with Crippen molar-refractivity contribution in [3.63, 3.8) is 0 Å². The Kier molecular flexibility index (Phi) is 17.0. The maximum absolute atomic E-state index is 11.9. The molecule has 0 aliphatic rings. The number of esters is 1. The van der Waals surface area contributed by atoms with E-state index in [-0.39, 0.29) is 39.0 Å². The zero-order valence-electron chi connectivity index (χ0n) is 21.6. The van der Waals surface area contributed by atoms with Crippen LogP contribution in [0.5, 0.6) is 5.75 Å². The van der Waals surface area contributed by atoms with E-state index in [9.17, 15) is 4.79 Å². The van der Waals surface area contributed by atoms with Crippen LogP contribution >= 0.6 is 0 Å². The summed E-state index contributed by atoms with van der Waals surface area (Å²) in [6, 6.07) is 7.72. The largest absolute Gasteiger partial charge is 0.497 e. The van der Waals surface area contributed by atoms with E-state index in [4.69, 9.17) is 42.6 Å². The molecule has 0 radical (unpaired) electrons. The number of ether oxygens (including phenoxy) is 9. The summed E-state index contributed by atoms with van der Waals surface area (Å²) in [6.07, 6.45) is 2.44. The smallest absolute Gasteiger partial charge is 0.308 e. The number of rotatable bonds is 20. The van der Waals surface area contributed by atoms with E-state index in [2.05, 4.69) is 0 Å². The van der Waals surface area contributed by atoms with Gasteiger partial charge in [-0.05, 0) is 24.6 Å². The van der Waals surface area contributed by atoms with Crippen molar-refractivity contribution >= 4 is 5.97 Å². The molecule has 10 nitrogen and oxygen atoms in total. The van der Waals surface area contributed by atoms with E-state index >= 15 is 0 Å². The summed E-state index contributed by atoms with van der Waals surface area (Å²) in [4.78, 5) is 11.9. The molecular weight excluding hydrogens is 460 g/mol. The van der Waals surface area contributed by atoms with Gasteiger partial charge in [0.15, 0.2) is 0 Å². The van der Waals surface area contributed by atoms with Crippen LogP contribution in [0.3, 0.4) is 0 Å². The van der Waals surface area contributed by atoms with Crippen LogP contribution in [0.25, 0.3) is 0 Å². The number of methoxy groups -OCH3 is 5. The predicted molar refractivity (Wildman–Crippen MR) is 128 cm³/mol. The molecule has 1 aromatic rings. The predicted octanol–water partition coefficient (Wildman–Crippen LogP) is 3.08. The Labute approximate surface area is 208 Å². The van der Waals surface area contributed by atoms with Gasteiger partial charge in [-0.2, -0.15) is 0 Å². The highest BCUT2D eigenvalue weighted by Gasteiger charge is 2.25. The summed E-state index contributed by atoms with van der Waals surface area (Å²) < 4.78 is 48.3. The zero-order valence-corrected chi connectivity index (χ0v) is 21.6. The number of hydrogen-bond donors (Lipinski definition) is 0. The molecule has 0 fully saturated rings. The fraction of sp³-hybridized carbons (Fsp3) is 0.640. The molecule has 0 N–H and O–H groups in total. The number of hydrogen-bond acceptors (Lipinski definition) is 10. The van der Waals surface area contributed by atoms with Crippen molar-refractivity contribution in [2.24, 2.45) is 0 Å². The average molecular weight is 501 g/mol. The Morgan fingerprint density at radius 1 is 0.829 bits per heavy atom. The highest BCUT2D eigenvalue weighted by atomic mass is 16.7. The van der Waals surface area contributed by atoms with Gasteiger partial charge in [0.05, 0.1) is 39.5 Å². The Balaban J connectivity index is 2.84. The Bertz CT molecular complexity index is 694. The number of carbonyl (C=O) groups is 1. The highest BCUT2D eigenvalue weighted by molar-refractivity contribution is 5.69. The molecule has 0 unspecified atom stereocenters. The van der Waals surface area contributed by atoms with Gasteiger partial charge < -0.3 is 42.6 Å². The molecule has 4 atom stereocenters. The van der Waals surface area contributed by atoms with Crippen LogP contribution in [-0.2, 0) is 49.3 Å². The van der Waals surface area contributed by atoms with Crippen LogP contribution in [0.15, 0.2) is 36.4 Å². The molecule has 35 heavy (non-hydrogen) atoms. The maximum atomic E-state index is 11.9. The van der Waals surface area contributed by atoms with Gasteiger partial charge in [0.25, 0.3) is 0 Å². The van der Waals surface area contributed by atoms with Gasteiger partial charge in [-0.1, -0.05) is 24.3 Å². The maximum Gasteiger partial charge on any atom is 0.308 e. The lowest BCUT2D eigenvalue weighted by atomic mass is 10.1. The lowest BCUT2D eigenvalue weighted by Crippen LogP contribution is -2.34. The van der Waals surface area contributed by atoms with Crippen LogP contribution in [-0.4, -0.2) is 86.3 Å². The van der Waals surface area contributed by atoms with Gasteiger partial charge in [-0.3, -0.25) is 4.79 Å². The van der Waals surface area contributed by atoms with Gasteiger partial charge in [-0.25, -0.2) is 0 Å². The van der Waals surface area contributed by atoms with E-state index in [1.165, 1.54) is 21.3 Å². The van der Waals surface area contributed by atoms with Gasteiger partial charge >= 0.3 is 5.97 Å². The Morgan fingerprint density at radius 2 is 1.46 bits per heavy atom. The highest BCUT2D eigenvalue weighted by Crippen LogP contribution is 2.17. The topological polar surface area (TPSA) is 100 Å². The third kappa shape index (κ3) is 13.6. The van der Waals surface area contributed by atoms with Crippen molar-refractivity contribution < 1.29 is 47.4 Å². The van der Waals surface area contributed by atoms with Crippen LogP contribution in [0.2, 0.25) is 0 Å². The molecule has 0 spiro atoms. The second-order valence-electron chi connectivity index (χ2n) is 7.63. The summed E-state index contributed by atoms with van der Waals surface area (Å²) in [7, 11) is 7.52. The quantitative estimate of drug-likeness (QED) is 0.151. The van der Waals surface area contributed by atoms with Crippen molar-refractivity contribution in [1.29, 1.82) is 0 Å². The first-order valence-electron chi connectivity index (χ1n) is 11.3. The second-order valence-corrected chi connectivity index (χ2v) is 7.63. The third-order valence-electron chi connectivity index (χ3n) is 4.91. The molecule has 0 aliphatic heterocycles. The molecule has 1 aromatic carbocycles. The molecule has 10 heteroatoms. The van der Waals surface area contributed by atoms with Crippen molar-refractivity contribution in [3.05, 3.63) is 42.0 Å². The van der Waals surface area contributed by atoms with Crippen LogP contribution < -0.4 is 4.74 Å². The first kappa shape index (κ1) is 31.0. The Morgan fingerprint density at radius 3 is 2.06 bits per heavy atom. The minimum Gasteiger partial charge on any atom is -0.497 e.